The standard InChI is InChI=1S/C31H30Cl4N4O7/c1-4-44-25-12-19(28-27(30(41)43-3)16(2)37-31(42)38-28)6-8-24(25)45-15-26(40)39-36-13-18-10-22(34)29(23(35)11-18)46-14-17-5-7-20(32)21(33)9-17/h5-13,26,28,39-40H,4,14-15H2,1-3H3,(H2,37,38,42)/b36-13-/t26-,28-/m1/s1. The highest BCUT2D eigenvalue weighted by Gasteiger charge is 2.32. The number of carbonyl (C=O) groups excluding carboxylic acids is 2. The lowest BCUT2D eigenvalue weighted by Crippen LogP contribution is -2.45. The van der Waals surface area contributed by atoms with Crippen molar-refractivity contribution in [2.75, 3.05) is 20.3 Å². The minimum Gasteiger partial charge on any atom is -0.490 e. The average molecular weight is 712 g/mol. The minimum absolute atomic E-state index is 0.172. The Hall–Kier alpha value is -3.87. The summed E-state index contributed by atoms with van der Waals surface area (Å²) in [6, 6.07) is 12.1. The SMILES string of the molecule is CCOc1cc([C@H]2NC(=O)NC(C)=C2C(=O)OC)ccc1OC[C@@H](O)N/N=C\c1cc(Cl)c(OCc2ccc(Cl)c(Cl)c2)c(Cl)c1. The third kappa shape index (κ3) is 8.89. The molecular formula is C31H30Cl4N4O7. The number of hydrogen-bond acceptors (Lipinski definition) is 9. The first-order valence-electron chi connectivity index (χ1n) is 13.8. The van der Waals surface area contributed by atoms with Gasteiger partial charge in [0.05, 0.1) is 51.6 Å². The molecule has 0 spiro atoms. The zero-order chi connectivity index (χ0) is 33.4. The number of carbonyl (C=O) groups is 2. The second kappa shape index (κ2) is 16.1. The molecule has 0 aliphatic carbocycles. The van der Waals surface area contributed by atoms with Gasteiger partial charge in [0.15, 0.2) is 23.5 Å². The van der Waals surface area contributed by atoms with Crippen LogP contribution in [0.25, 0.3) is 0 Å². The summed E-state index contributed by atoms with van der Waals surface area (Å²) in [7, 11) is 1.26. The van der Waals surface area contributed by atoms with Crippen LogP contribution >= 0.6 is 46.4 Å². The van der Waals surface area contributed by atoms with Crippen molar-refractivity contribution in [3.63, 3.8) is 0 Å². The minimum atomic E-state index is -1.20. The molecule has 4 rings (SSSR count). The summed E-state index contributed by atoms with van der Waals surface area (Å²) in [5.74, 6) is 0.373. The number of nitrogens with one attached hydrogen (secondary N) is 3. The van der Waals surface area contributed by atoms with Gasteiger partial charge in [-0.25, -0.2) is 9.59 Å². The lowest BCUT2D eigenvalue weighted by atomic mass is 9.95. The number of benzene rings is 3. The molecule has 0 aromatic heterocycles. The maximum Gasteiger partial charge on any atom is 0.337 e. The molecule has 0 saturated carbocycles. The molecule has 2 amide bonds. The van der Waals surface area contributed by atoms with E-state index in [2.05, 4.69) is 21.2 Å². The Labute approximate surface area is 285 Å². The van der Waals surface area contributed by atoms with Gasteiger partial charge in [0.2, 0.25) is 0 Å². The Balaban J connectivity index is 1.37. The number of esters is 1. The Morgan fingerprint density at radius 3 is 2.41 bits per heavy atom. The van der Waals surface area contributed by atoms with Crippen LogP contribution in [0.3, 0.4) is 0 Å². The number of nitrogens with zero attached hydrogens (tertiary/aromatic N) is 1. The number of urea groups is 1. The van der Waals surface area contributed by atoms with Gasteiger partial charge in [0.1, 0.15) is 13.2 Å². The highest BCUT2D eigenvalue weighted by molar-refractivity contribution is 6.42. The maximum atomic E-state index is 12.4. The van der Waals surface area contributed by atoms with Crippen molar-refractivity contribution < 1.29 is 33.6 Å². The van der Waals surface area contributed by atoms with Crippen LogP contribution in [0.4, 0.5) is 4.79 Å². The monoisotopic (exact) mass is 710 g/mol. The fourth-order valence-electron chi connectivity index (χ4n) is 4.40. The van der Waals surface area contributed by atoms with Crippen LogP contribution in [-0.4, -0.2) is 49.9 Å². The van der Waals surface area contributed by atoms with E-state index in [-0.39, 0.29) is 28.8 Å². The van der Waals surface area contributed by atoms with Crippen LogP contribution in [0, 0.1) is 0 Å². The number of halogens is 4. The van der Waals surface area contributed by atoms with Crippen molar-refractivity contribution in [2.24, 2.45) is 5.10 Å². The van der Waals surface area contributed by atoms with Gasteiger partial charge in [-0.2, -0.15) is 5.10 Å². The van der Waals surface area contributed by atoms with E-state index in [1.54, 1.807) is 62.4 Å². The predicted octanol–water partition coefficient (Wildman–Crippen LogP) is 6.40. The van der Waals surface area contributed by atoms with Crippen LogP contribution in [0.1, 0.15) is 36.6 Å². The normalized spacial score (nSPS) is 15.2. The number of rotatable bonds is 13. The number of allylic oxidation sites excluding steroid dienone is 1. The second-order valence-corrected chi connectivity index (χ2v) is 11.4. The van der Waals surface area contributed by atoms with Crippen molar-refractivity contribution in [3.8, 4) is 17.2 Å². The number of amides is 2. The van der Waals surface area contributed by atoms with E-state index in [1.165, 1.54) is 13.3 Å². The fraction of sp³-hybridized carbons (Fsp3) is 0.258. The Morgan fingerprint density at radius 2 is 1.74 bits per heavy atom. The molecule has 2 atom stereocenters. The molecule has 4 N–H and O–H groups in total. The lowest BCUT2D eigenvalue weighted by molar-refractivity contribution is -0.136. The Morgan fingerprint density at radius 1 is 1.00 bits per heavy atom. The Kier molecular flexibility index (Phi) is 12.3. The molecule has 244 valence electrons. The van der Waals surface area contributed by atoms with Crippen molar-refractivity contribution in [1.82, 2.24) is 16.1 Å². The molecule has 1 aliphatic heterocycles. The van der Waals surface area contributed by atoms with E-state index in [9.17, 15) is 14.7 Å². The van der Waals surface area contributed by atoms with Crippen molar-refractivity contribution in [2.45, 2.75) is 32.7 Å². The van der Waals surface area contributed by atoms with Gasteiger partial charge in [0.25, 0.3) is 0 Å². The predicted molar refractivity (Wildman–Crippen MR) is 176 cm³/mol. The van der Waals surface area contributed by atoms with Gasteiger partial charge in [-0.15, -0.1) is 0 Å². The van der Waals surface area contributed by atoms with Gasteiger partial charge < -0.3 is 34.7 Å². The molecule has 1 aliphatic rings. The summed E-state index contributed by atoms with van der Waals surface area (Å²) < 4.78 is 22.2. The van der Waals surface area contributed by atoms with Crippen molar-refractivity contribution >= 4 is 64.6 Å². The van der Waals surface area contributed by atoms with Gasteiger partial charge in [-0.05, 0) is 66.9 Å². The number of hydrogen-bond donors (Lipinski definition) is 4. The van der Waals surface area contributed by atoms with Crippen LogP contribution in [0.2, 0.25) is 20.1 Å². The molecule has 0 radical (unpaired) electrons. The summed E-state index contributed by atoms with van der Waals surface area (Å²) in [5.41, 5.74) is 5.10. The highest BCUT2D eigenvalue weighted by atomic mass is 35.5. The van der Waals surface area contributed by atoms with Crippen LogP contribution in [-0.2, 0) is 16.1 Å². The smallest absolute Gasteiger partial charge is 0.337 e. The number of aliphatic hydroxyl groups is 1. The molecule has 0 saturated heterocycles. The number of aliphatic hydroxyl groups excluding tert-OH is 1. The highest BCUT2D eigenvalue weighted by Crippen LogP contribution is 2.36. The zero-order valence-electron chi connectivity index (χ0n) is 24.8. The van der Waals surface area contributed by atoms with Gasteiger partial charge in [0, 0.05) is 5.70 Å². The maximum absolute atomic E-state index is 12.4. The molecule has 3 aromatic rings. The second-order valence-electron chi connectivity index (χ2n) is 9.77. The topological polar surface area (TPSA) is 140 Å². The molecule has 0 bridgehead atoms. The van der Waals surface area contributed by atoms with E-state index in [1.807, 2.05) is 0 Å². The fourth-order valence-corrected chi connectivity index (χ4v) is 5.33. The summed E-state index contributed by atoms with van der Waals surface area (Å²) in [6.45, 7) is 3.70. The van der Waals surface area contributed by atoms with Gasteiger partial charge >= 0.3 is 12.0 Å². The number of hydrazone groups is 1. The molecule has 1 heterocycles. The summed E-state index contributed by atoms with van der Waals surface area (Å²) in [6.07, 6.45) is 0.219. The van der Waals surface area contributed by atoms with E-state index in [4.69, 9.17) is 65.4 Å². The molecule has 11 nitrogen and oxygen atoms in total. The van der Waals surface area contributed by atoms with Gasteiger partial charge in [-0.3, -0.25) is 5.43 Å². The summed E-state index contributed by atoms with van der Waals surface area (Å²) in [4.78, 5) is 24.6. The van der Waals surface area contributed by atoms with E-state index < -0.39 is 24.3 Å². The third-order valence-corrected chi connectivity index (χ3v) is 7.80. The largest absolute Gasteiger partial charge is 0.490 e. The molecule has 3 aromatic carbocycles. The lowest BCUT2D eigenvalue weighted by Gasteiger charge is -2.28. The summed E-state index contributed by atoms with van der Waals surface area (Å²) in [5, 5.41) is 21.1. The molecule has 15 heteroatoms. The van der Waals surface area contributed by atoms with E-state index in [0.29, 0.717) is 50.7 Å². The number of methoxy groups -OCH3 is 1. The zero-order valence-corrected chi connectivity index (χ0v) is 27.9. The first kappa shape index (κ1) is 35.0. The van der Waals surface area contributed by atoms with Crippen LogP contribution in [0.15, 0.2) is 64.9 Å². The number of ether oxygens (including phenoxy) is 4. The molecule has 0 fully saturated rings. The van der Waals surface area contributed by atoms with Crippen LogP contribution < -0.4 is 30.3 Å². The summed E-state index contributed by atoms with van der Waals surface area (Å²) >= 11 is 24.8. The first-order chi connectivity index (χ1) is 22.0. The molecular weight excluding hydrogens is 682 g/mol. The van der Waals surface area contributed by atoms with Crippen LogP contribution in [0.5, 0.6) is 17.2 Å². The van der Waals surface area contributed by atoms with E-state index in [0.717, 1.165) is 5.56 Å². The van der Waals surface area contributed by atoms with Crippen molar-refractivity contribution in [1.29, 1.82) is 0 Å². The average Bonchev–Trinajstić information content (AvgIpc) is 3.01. The van der Waals surface area contributed by atoms with E-state index >= 15 is 0 Å². The quantitative estimate of drug-likeness (QED) is 0.0692. The molecule has 46 heavy (non-hydrogen) atoms. The molecule has 0 unspecified atom stereocenters. The first-order valence-corrected chi connectivity index (χ1v) is 15.3. The van der Waals surface area contributed by atoms with Gasteiger partial charge in [-0.1, -0.05) is 58.5 Å². The Bertz CT molecular complexity index is 1640. The third-order valence-electron chi connectivity index (χ3n) is 6.50. The van der Waals surface area contributed by atoms with Crippen molar-refractivity contribution in [3.05, 3.63) is 96.6 Å².